The molecule has 0 spiro atoms. The van der Waals surface area contributed by atoms with Crippen molar-refractivity contribution >= 4 is 33.2 Å². The monoisotopic (exact) mass is 361 g/mol. The van der Waals surface area contributed by atoms with Gasteiger partial charge in [0.15, 0.2) is 0 Å². The van der Waals surface area contributed by atoms with E-state index in [1.807, 2.05) is 19.1 Å². The Bertz CT molecular complexity index is 860. The smallest absolute Gasteiger partial charge is 0.251 e. The zero-order valence-electron chi connectivity index (χ0n) is 13.9. The van der Waals surface area contributed by atoms with Gasteiger partial charge in [-0.1, -0.05) is 17.7 Å². The van der Waals surface area contributed by atoms with Gasteiger partial charge in [0.05, 0.1) is 12.8 Å². The summed E-state index contributed by atoms with van der Waals surface area (Å²) in [5.41, 5.74) is 2.42. The van der Waals surface area contributed by atoms with Gasteiger partial charge in [-0.3, -0.25) is 14.3 Å². The quantitative estimate of drug-likeness (QED) is 0.729. The van der Waals surface area contributed by atoms with E-state index in [2.05, 4.69) is 15.4 Å². The largest absolute Gasteiger partial charge is 0.343 e. The summed E-state index contributed by atoms with van der Waals surface area (Å²) >= 11 is 0. The Hall–Kier alpha value is -2.87. The summed E-state index contributed by atoms with van der Waals surface area (Å²) in [5.74, 6) is -0.716. The van der Waals surface area contributed by atoms with Gasteiger partial charge in [-0.25, -0.2) is 8.42 Å². The Labute approximate surface area is 146 Å². The first kappa shape index (κ1) is 18.5. The van der Waals surface area contributed by atoms with E-state index < -0.39 is 10.0 Å². The van der Waals surface area contributed by atoms with E-state index in [1.54, 1.807) is 24.3 Å². The van der Waals surface area contributed by atoms with Gasteiger partial charge in [-0.2, -0.15) is 0 Å². The molecule has 0 saturated heterocycles. The fourth-order valence-electron chi connectivity index (χ4n) is 2.01. The van der Waals surface area contributed by atoms with Crippen molar-refractivity contribution < 1.29 is 18.0 Å². The Kier molecular flexibility index (Phi) is 5.76. The van der Waals surface area contributed by atoms with Crippen molar-refractivity contribution in [2.24, 2.45) is 0 Å². The van der Waals surface area contributed by atoms with Crippen LogP contribution in [-0.4, -0.2) is 33.0 Å². The highest BCUT2D eigenvalue weighted by atomic mass is 32.2. The van der Waals surface area contributed by atoms with Gasteiger partial charge < -0.3 is 10.6 Å². The summed E-state index contributed by atoms with van der Waals surface area (Å²) in [5, 5.41) is 5.16. The maximum Gasteiger partial charge on any atom is 0.251 e. The lowest BCUT2D eigenvalue weighted by Gasteiger charge is -2.08. The maximum absolute atomic E-state index is 11.9. The molecule has 25 heavy (non-hydrogen) atoms. The fourth-order valence-corrected chi connectivity index (χ4v) is 2.57. The third-order valence-corrected chi connectivity index (χ3v) is 3.80. The fraction of sp³-hybridized carbons (Fsp3) is 0.176. The van der Waals surface area contributed by atoms with E-state index in [-0.39, 0.29) is 18.4 Å². The van der Waals surface area contributed by atoms with E-state index in [0.717, 1.165) is 11.8 Å². The Morgan fingerprint density at radius 3 is 2.04 bits per heavy atom. The van der Waals surface area contributed by atoms with Crippen LogP contribution in [0.3, 0.4) is 0 Å². The van der Waals surface area contributed by atoms with Gasteiger partial charge >= 0.3 is 0 Å². The van der Waals surface area contributed by atoms with Crippen molar-refractivity contribution in [3.05, 3.63) is 59.7 Å². The van der Waals surface area contributed by atoms with Gasteiger partial charge in [0.2, 0.25) is 15.9 Å². The van der Waals surface area contributed by atoms with E-state index in [9.17, 15) is 18.0 Å². The number of hydrogen-bond acceptors (Lipinski definition) is 4. The summed E-state index contributed by atoms with van der Waals surface area (Å²) in [4.78, 5) is 23.8. The second-order valence-corrected chi connectivity index (χ2v) is 7.30. The third-order valence-electron chi connectivity index (χ3n) is 3.20. The van der Waals surface area contributed by atoms with Gasteiger partial charge in [-0.15, -0.1) is 0 Å². The lowest BCUT2D eigenvalue weighted by molar-refractivity contribution is -0.115. The zero-order valence-corrected chi connectivity index (χ0v) is 14.7. The molecule has 2 aromatic rings. The van der Waals surface area contributed by atoms with Crippen LogP contribution >= 0.6 is 0 Å². The molecule has 0 atom stereocenters. The molecule has 0 unspecified atom stereocenters. The average Bonchev–Trinajstić information content (AvgIpc) is 2.54. The van der Waals surface area contributed by atoms with Gasteiger partial charge in [0, 0.05) is 16.9 Å². The van der Waals surface area contributed by atoms with Crippen LogP contribution in [0.4, 0.5) is 11.4 Å². The SMILES string of the molecule is Cc1ccc(C(=O)NCC(=O)Nc2ccc(NS(C)(=O)=O)cc2)cc1. The van der Waals surface area contributed by atoms with Crippen LogP contribution in [0.1, 0.15) is 15.9 Å². The predicted octanol–water partition coefficient (Wildman–Crippen LogP) is 1.74. The first-order valence-corrected chi connectivity index (χ1v) is 9.35. The number of rotatable bonds is 6. The standard InChI is InChI=1S/C17H19N3O4S/c1-12-3-5-13(6-4-12)17(22)18-11-16(21)19-14-7-9-15(10-8-14)20-25(2,23)24/h3-10,20H,11H2,1-2H3,(H,18,22)(H,19,21). The van der Waals surface area contributed by atoms with E-state index >= 15 is 0 Å². The summed E-state index contributed by atoms with van der Waals surface area (Å²) in [6.07, 6.45) is 1.05. The highest BCUT2D eigenvalue weighted by Gasteiger charge is 2.08. The molecule has 0 saturated carbocycles. The predicted molar refractivity (Wildman–Crippen MR) is 97.1 cm³/mol. The second kappa shape index (κ2) is 7.80. The van der Waals surface area contributed by atoms with Gasteiger partial charge in [-0.05, 0) is 43.3 Å². The molecule has 3 N–H and O–H groups in total. The molecule has 0 aliphatic rings. The molecule has 0 heterocycles. The number of sulfonamides is 1. The third kappa shape index (κ3) is 6.27. The molecular formula is C17H19N3O4S. The lowest BCUT2D eigenvalue weighted by Crippen LogP contribution is -2.32. The molecule has 0 bridgehead atoms. The van der Waals surface area contributed by atoms with Crippen molar-refractivity contribution in [2.75, 3.05) is 22.8 Å². The molecule has 0 aliphatic carbocycles. The Morgan fingerprint density at radius 1 is 0.920 bits per heavy atom. The van der Waals surface area contributed by atoms with Crippen LogP contribution in [0.5, 0.6) is 0 Å². The molecule has 132 valence electrons. The number of amides is 2. The zero-order chi connectivity index (χ0) is 18.4. The summed E-state index contributed by atoms with van der Waals surface area (Å²) < 4.78 is 24.6. The van der Waals surface area contributed by atoms with Crippen molar-refractivity contribution in [3.8, 4) is 0 Å². The molecule has 8 heteroatoms. The van der Waals surface area contributed by atoms with Gasteiger partial charge in [0.1, 0.15) is 0 Å². The highest BCUT2D eigenvalue weighted by Crippen LogP contribution is 2.14. The van der Waals surface area contributed by atoms with Crippen molar-refractivity contribution in [1.29, 1.82) is 0 Å². The minimum absolute atomic E-state index is 0.171. The van der Waals surface area contributed by atoms with Crippen LogP contribution in [0.15, 0.2) is 48.5 Å². The van der Waals surface area contributed by atoms with Crippen LogP contribution < -0.4 is 15.4 Å². The molecule has 2 aromatic carbocycles. The average molecular weight is 361 g/mol. The topological polar surface area (TPSA) is 104 Å². The van der Waals surface area contributed by atoms with Crippen LogP contribution in [-0.2, 0) is 14.8 Å². The van der Waals surface area contributed by atoms with Crippen LogP contribution in [0.2, 0.25) is 0 Å². The number of anilines is 2. The summed E-state index contributed by atoms with van der Waals surface area (Å²) in [6, 6.07) is 13.2. The number of carbonyl (C=O) groups excluding carboxylic acids is 2. The molecule has 2 amide bonds. The first-order chi connectivity index (χ1) is 11.7. The molecule has 0 aliphatic heterocycles. The second-order valence-electron chi connectivity index (χ2n) is 5.55. The molecule has 0 radical (unpaired) electrons. The number of aryl methyl sites for hydroxylation is 1. The minimum Gasteiger partial charge on any atom is -0.343 e. The Morgan fingerprint density at radius 2 is 1.48 bits per heavy atom. The summed E-state index contributed by atoms with van der Waals surface area (Å²) in [6.45, 7) is 1.75. The van der Waals surface area contributed by atoms with Crippen LogP contribution in [0, 0.1) is 6.92 Å². The van der Waals surface area contributed by atoms with Crippen molar-refractivity contribution in [2.45, 2.75) is 6.92 Å². The maximum atomic E-state index is 11.9. The molecule has 0 aromatic heterocycles. The number of benzene rings is 2. The molecular weight excluding hydrogens is 342 g/mol. The number of nitrogens with one attached hydrogen (secondary N) is 3. The molecule has 2 rings (SSSR count). The van der Waals surface area contributed by atoms with E-state index in [0.29, 0.717) is 16.9 Å². The lowest BCUT2D eigenvalue weighted by atomic mass is 10.1. The van der Waals surface area contributed by atoms with Crippen molar-refractivity contribution in [1.82, 2.24) is 5.32 Å². The normalized spacial score (nSPS) is 10.8. The number of carbonyl (C=O) groups is 2. The van der Waals surface area contributed by atoms with Crippen LogP contribution in [0.25, 0.3) is 0 Å². The highest BCUT2D eigenvalue weighted by molar-refractivity contribution is 7.92. The van der Waals surface area contributed by atoms with Crippen molar-refractivity contribution in [3.63, 3.8) is 0 Å². The van der Waals surface area contributed by atoms with Gasteiger partial charge in [0.25, 0.3) is 5.91 Å². The Balaban J connectivity index is 1.85. The minimum atomic E-state index is -3.35. The van der Waals surface area contributed by atoms with E-state index in [1.165, 1.54) is 12.1 Å². The number of hydrogen-bond donors (Lipinski definition) is 3. The van der Waals surface area contributed by atoms with E-state index in [4.69, 9.17) is 0 Å². The molecule has 0 fully saturated rings. The summed E-state index contributed by atoms with van der Waals surface area (Å²) in [7, 11) is -3.35. The molecule has 7 nitrogen and oxygen atoms in total. The first-order valence-electron chi connectivity index (χ1n) is 7.45.